The summed E-state index contributed by atoms with van der Waals surface area (Å²) in [5.41, 5.74) is 3.16. The van der Waals surface area contributed by atoms with Gasteiger partial charge in [0.25, 0.3) is 5.91 Å². The van der Waals surface area contributed by atoms with Gasteiger partial charge >= 0.3 is 0 Å². The number of carbonyl (C=O) groups excluding carboxylic acids is 1. The molecule has 0 saturated carbocycles. The zero-order valence-electron chi connectivity index (χ0n) is 17.8. The number of aryl methyl sites for hydroxylation is 1. The standard InChI is InChI=1S/C21H22N6O4S/c1-4-26(32(3,29)30)13-19-24-20(25-31-19)15-9-8-14(2)16(11-15)23-21(28)17-12-22-18-7-5-6-10-27(17)18/h5-12H,4,13H2,1-3H3,(H,23,28). The minimum Gasteiger partial charge on any atom is -0.338 e. The maximum atomic E-state index is 12.9. The van der Waals surface area contributed by atoms with Crippen molar-refractivity contribution in [3.05, 3.63) is 65.9 Å². The predicted molar refractivity (Wildman–Crippen MR) is 119 cm³/mol. The molecule has 4 rings (SSSR count). The van der Waals surface area contributed by atoms with Crippen LogP contribution in [0.15, 0.2) is 53.3 Å². The molecule has 11 heteroatoms. The lowest BCUT2D eigenvalue weighted by Gasteiger charge is -2.14. The molecule has 0 fully saturated rings. The fraction of sp³-hybridized carbons (Fsp3) is 0.238. The zero-order valence-corrected chi connectivity index (χ0v) is 18.6. The number of amides is 1. The Labute approximate surface area is 184 Å². The highest BCUT2D eigenvalue weighted by atomic mass is 32.2. The van der Waals surface area contributed by atoms with Crippen molar-refractivity contribution in [3.63, 3.8) is 0 Å². The van der Waals surface area contributed by atoms with E-state index >= 15 is 0 Å². The molecule has 0 unspecified atom stereocenters. The van der Waals surface area contributed by atoms with E-state index in [-0.39, 0.29) is 18.3 Å². The van der Waals surface area contributed by atoms with E-state index in [9.17, 15) is 13.2 Å². The average Bonchev–Trinajstić information content (AvgIpc) is 3.40. The van der Waals surface area contributed by atoms with E-state index in [2.05, 4.69) is 20.4 Å². The van der Waals surface area contributed by atoms with E-state index in [1.54, 1.807) is 23.6 Å². The molecule has 0 aliphatic heterocycles. The maximum Gasteiger partial charge on any atom is 0.274 e. The van der Waals surface area contributed by atoms with Crippen LogP contribution in [-0.2, 0) is 16.6 Å². The van der Waals surface area contributed by atoms with Crippen LogP contribution in [0.25, 0.3) is 17.0 Å². The minimum atomic E-state index is -3.38. The summed E-state index contributed by atoms with van der Waals surface area (Å²) in [5.74, 6) is 0.184. The van der Waals surface area contributed by atoms with Crippen molar-refractivity contribution in [1.29, 1.82) is 0 Å². The third-order valence-corrected chi connectivity index (χ3v) is 6.32. The summed E-state index contributed by atoms with van der Waals surface area (Å²) in [6.07, 6.45) is 4.43. The van der Waals surface area contributed by atoms with Crippen LogP contribution in [0.2, 0.25) is 0 Å². The largest absolute Gasteiger partial charge is 0.338 e. The minimum absolute atomic E-state index is 0.00786. The first kappa shape index (κ1) is 21.7. The number of hydrogen-bond acceptors (Lipinski definition) is 7. The van der Waals surface area contributed by atoms with Crippen molar-refractivity contribution in [2.24, 2.45) is 0 Å². The van der Waals surface area contributed by atoms with Crippen LogP contribution in [0.3, 0.4) is 0 Å². The van der Waals surface area contributed by atoms with Crippen LogP contribution in [0.1, 0.15) is 28.9 Å². The summed E-state index contributed by atoms with van der Waals surface area (Å²) in [6.45, 7) is 3.89. The topological polar surface area (TPSA) is 123 Å². The van der Waals surface area contributed by atoms with Crippen LogP contribution in [-0.4, -0.2) is 51.0 Å². The fourth-order valence-electron chi connectivity index (χ4n) is 3.23. The van der Waals surface area contributed by atoms with Crippen molar-refractivity contribution in [2.45, 2.75) is 20.4 Å². The highest BCUT2D eigenvalue weighted by Crippen LogP contribution is 2.24. The monoisotopic (exact) mass is 454 g/mol. The summed E-state index contributed by atoms with van der Waals surface area (Å²) in [4.78, 5) is 21.4. The summed E-state index contributed by atoms with van der Waals surface area (Å²) >= 11 is 0. The lowest BCUT2D eigenvalue weighted by Crippen LogP contribution is -2.29. The van der Waals surface area contributed by atoms with Crippen LogP contribution in [0.4, 0.5) is 5.69 Å². The van der Waals surface area contributed by atoms with Crippen LogP contribution >= 0.6 is 0 Å². The molecule has 0 atom stereocenters. The Morgan fingerprint density at radius 2 is 2.06 bits per heavy atom. The van der Waals surface area contributed by atoms with Gasteiger partial charge in [0.2, 0.25) is 21.7 Å². The van der Waals surface area contributed by atoms with Gasteiger partial charge in [-0.05, 0) is 30.7 Å². The van der Waals surface area contributed by atoms with Gasteiger partial charge in [-0.1, -0.05) is 30.3 Å². The molecular formula is C21H22N6O4S. The van der Waals surface area contributed by atoms with E-state index < -0.39 is 10.0 Å². The van der Waals surface area contributed by atoms with Crippen LogP contribution in [0, 0.1) is 6.92 Å². The Bertz CT molecular complexity index is 1390. The Morgan fingerprint density at radius 1 is 1.25 bits per heavy atom. The lowest BCUT2D eigenvalue weighted by atomic mass is 10.1. The van der Waals surface area contributed by atoms with Gasteiger partial charge in [0, 0.05) is 24.0 Å². The number of nitrogens with one attached hydrogen (secondary N) is 1. The number of sulfonamides is 1. The second kappa shape index (κ2) is 8.52. The Balaban J connectivity index is 1.57. The van der Waals surface area contributed by atoms with Gasteiger partial charge in [0.05, 0.1) is 19.0 Å². The van der Waals surface area contributed by atoms with E-state index in [1.807, 2.05) is 37.3 Å². The first-order valence-electron chi connectivity index (χ1n) is 9.88. The quantitative estimate of drug-likeness (QED) is 0.455. The zero-order chi connectivity index (χ0) is 22.9. The molecule has 166 valence electrons. The molecular weight excluding hydrogens is 432 g/mol. The first-order valence-corrected chi connectivity index (χ1v) is 11.7. The van der Waals surface area contributed by atoms with Crippen molar-refractivity contribution in [3.8, 4) is 11.4 Å². The molecule has 1 N–H and O–H groups in total. The van der Waals surface area contributed by atoms with E-state index in [0.717, 1.165) is 11.8 Å². The highest BCUT2D eigenvalue weighted by molar-refractivity contribution is 7.88. The molecule has 3 aromatic heterocycles. The number of nitrogens with zero attached hydrogens (tertiary/aromatic N) is 5. The van der Waals surface area contributed by atoms with Gasteiger partial charge in [-0.2, -0.15) is 9.29 Å². The molecule has 0 radical (unpaired) electrons. The van der Waals surface area contributed by atoms with Crippen molar-refractivity contribution in [1.82, 2.24) is 23.8 Å². The van der Waals surface area contributed by atoms with Crippen molar-refractivity contribution < 1.29 is 17.7 Å². The number of rotatable bonds is 7. The highest BCUT2D eigenvalue weighted by Gasteiger charge is 2.20. The third-order valence-electron chi connectivity index (χ3n) is 5.00. The fourth-order valence-corrected chi connectivity index (χ4v) is 4.05. The number of fused-ring (bicyclic) bond motifs is 1. The third kappa shape index (κ3) is 4.39. The Morgan fingerprint density at radius 3 is 2.81 bits per heavy atom. The van der Waals surface area contributed by atoms with Gasteiger partial charge in [0.1, 0.15) is 11.3 Å². The second-order valence-corrected chi connectivity index (χ2v) is 9.24. The summed E-state index contributed by atoms with van der Waals surface area (Å²) in [6, 6.07) is 10.9. The second-order valence-electron chi connectivity index (χ2n) is 7.26. The van der Waals surface area contributed by atoms with E-state index in [4.69, 9.17) is 4.52 Å². The molecule has 0 aliphatic carbocycles. The SMILES string of the molecule is CCN(Cc1nc(-c2ccc(C)c(NC(=O)c3cnc4ccccn34)c2)no1)S(C)(=O)=O. The van der Waals surface area contributed by atoms with Gasteiger partial charge < -0.3 is 9.84 Å². The van der Waals surface area contributed by atoms with Gasteiger partial charge in [0.15, 0.2) is 0 Å². The lowest BCUT2D eigenvalue weighted by molar-refractivity contribution is 0.102. The molecule has 10 nitrogen and oxygen atoms in total. The van der Waals surface area contributed by atoms with Gasteiger partial charge in [-0.3, -0.25) is 9.20 Å². The number of carbonyl (C=O) groups is 1. The molecule has 0 saturated heterocycles. The number of imidazole rings is 1. The van der Waals surface area contributed by atoms with Crippen molar-refractivity contribution in [2.75, 3.05) is 18.1 Å². The van der Waals surface area contributed by atoms with Crippen LogP contribution < -0.4 is 5.32 Å². The number of hydrogen-bond donors (Lipinski definition) is 1. The molecule has 0 bridgehead atoms. The molecule has 1 aromatic carbocycles. The molecule has 1 amide bonds. The predicted octanol–water partition coefficient (Wildman–Crippen LogP) is 2.73. The number of anilines is 1. The number of aromatic nitrogens is 4. The van der Waals surface area contributed by atoms with E-state index in [0.29, 0.717) is 35.0 Å². The average molecular weight is 455 g/mol. The summed E-state index contributed by atoms with van der Waals surface area (Å²) < 4.78 is 31.8. The van der Waals surface area contributed by atoms with Crippen molar-refractivity contribution >= 4 is 27.3 Å². The number of benzene rings is 1. The molecule has 0 spiro atoms. The van der Waals surface area contributed by atoms with E-state index in [1.165, 1.54) is 10.5 Å². The molecule has 32 heavy (non-hydrogen) atoms. The molecule has 3 heterocycles. The summed E-state index contributed by atoms with van der Waals surface area (Å²) in [7, 11) is -3.38. The first-order chi connectivity index (χ1) is 15.3. The van der Waals surface area contributed by atoms with Crippen LogP contribution in [0.5, 0.6) is 0 Å². The molecule has 4 aromatic rings. The Hall–Kier alpha value is -3.57. The number of pyridine rings is 1. The van der Waals surface area contributed by atoms with Gasteiger partial charge in [-0.25, -0.2) is 13.4 Å². The normalized spacial score (nSPS) is 11.9. The Kier molecular flexibility index (Phi) is 5.76. The van der Waals surface area contributed by atoms with Gasteiger partial charge in [-0.15, -0.1) is 0 Å². The smallest absolute Gasteiger partial charge is 0.274 e. The maximum absolute atomic E-state index is 12.9. The molecule has 0 aliphatic rings. The summed E-state index contributed by atoms with van der Waals surface area (Å²) in [5, 5.41) is 6.87.